The Bertz CT molecular complexity index is 1820. The van der Waals surface area contributed by atoms with E-state index >= 15 is 0 Å². The van der Waals surface area contributed by atoms with E-state index in [0.717, 1.165) is 16.9 Å². The van der Waals surface area contributed by atoms with Gasteiger partial charge in [-0.1, -0.05) is 123 Å². The smallest absolute Gasteiger partial charge is 0.0963 e. The third kappa shape index (κ3) is 6.99. The van der Waals surface area contributed by atoms with E-state index in [0.29, 0.717) is 0 Å². The highest BCUT2D eigenvalue weighted by Crippen LogP contribution is 2.36. The van der Waals surface area contributed by atoms with Crippen LogP contribution in [0.5, 0.6) is 0 Å². The topological polar surface area (TPSA) is 58.5 Å². The molecule has 0 radical (unpaired) electrons. The van der Waals surface area contributed by atoms with Gasteiger partial charge in [-0.15, -0.1) is 0 Å². The minimum absolute atomic E-state index is 0.112. The number of nitrogens with zero attached hydrogens (tertiary/aromatic N) is 3. The molecule has 232 valence electrons. The fourth-order valence-electron chi connectivity index (χ4n) is 5.89. The number of aryl methyl sites for hydroxylation is 3. The van der Waals surface area contributed by atoms with Gasteiger partial charge in [0.2, 0.25) is 0 Å². The zero-order valence-corrected chi connectivity index (χ0v) is 28.9. The second-order valence-corrected chi connectivity index (χ2v) is 15.0. The number of nitrogens with one attached hydrogen (secondary N) is 2. The molecule has 0 unspecified atom stereocenters. The van der Waals surface area contributed by atoms with Crippen LogP contribution in [-0.2, 0) is 23.3 Å². The van der Waals surface area contributed by atoms with Crippen LogP contribution in [0.1, 0.15) is 96.0 Å². The van der Waals surface area contributed by atoms with Crippen molar-refractivity contribution < 1.29 is 0 Å². The minimum atomic E-state index is 0.112. The van der Waals surface area contributed by atoms with Gasteiger partial charge in [-0.2, -0.15) is 10.2 Å². The lowest BCUT2D eigenvalue weighted by Gasteiger charge is -2.26. The summed E-state index contributed by atoms with van der Waals surface area (Å²) in [7, 11) is 2.00. The number of para-hydroxylation sites is 2. The number of anilines is 1. The predicted molar refractivity (Wildman–Crippen MR) is 191 cm³/mol. The number of hydrogen-bond donors (Lipinski definition) is 2. The molecule has 5 nitrogen and oxygen atoms in total. The van der Waals surface area contributed by atoms with Crippen LogP contribution >= 0.6 is 0 Å². The van der Waals surface area contributed by atoms with E-state index in [4.69, 9.17) is 0 Å². The molecule has 3 aromatic carbocycles. The minimum Gasteiger partial charge on any atom is -0.355 e. The first-order chi connectivity index (χ1) is 20.4. The first-order valence-electron chi connectivity index (χ1n) is 15.5. The fourth-order valence-corrected chi connectivity index (χ4v) is 5.89. The highest BCUT2D eigenvalue weighted by molar-refractivity contribution is 5.86. The van der Waals surface area contributed by atoms with Gasteiger partial charge in [0.25, 0.3) is 0 Å². The summed E-state index contributed by atoms with van der Waals surface area (Å²) in [5, 5.41) is 17.9. The van der Waals surface area contributed by atoms with Gasteiger partial charge < -0.3 is 5.32 Å². The molecule has 0 saturated heterocycles. The zero-order chi connectivity index (χ0) is 32.6. The van der Waals surface area contributed by atoms with Gasteiger partial charge in [-0.3, -0.25) is 9.78 Å². The lowest BCUT2D eigenvalue weighted by molar-refractivity contribution is 0.558. The maximum absolute atomic E-state index is 4.58. The number of aromatic nitrogens is 4. The Kier molecular flexibility index (Phi) is 9.02. The highest BCUT2D eigenvalue weighted by atomic mass is 15.3. The molecule has 0 aliphatic carbocycles. The Morgan fingerprint density at radius 3 is 2.05 bits per heavy atom. The molecule has 2 aromatic heterocycles. The van der Waals surface area contributed by atoms with E-state index in [1.165, 1.54) is 49.9 Å². The fraction of sp³-hybridized carbons (Fsp3) is 0.385. The summed E-state index contributed by atoms with van der Waals surface area (Å²) in [5.74, 6) is 0. The number of aromatic amines is 1. The van der Waals surface area contributed by atoms with Crippen LogP contribution in [0.4, 0.5) is 5.69 Å². The van der Waals surface area contributed by atoms with Crippen LogP contribution in [-0.4, -0.2) is 20.0 Å². The number of hydrogen-bond acceptors (Lipinski definition) is 3. The Labute approximate surface area is 264 Å². The Morgan fingerprint density at radius 1 is 0.727 bits per heavy atom. The van der Waals surface area contributed by atoms with Crippen LogP contribution in [0.3, 0.4) is 0 Å². The largest absolute Gasteiger partial charge is 0.355 e. The van der Waals surface area contributed by atoms with E-state index in [9.17, 15) is 0 Å². The molecule has 0 saturated carbocycles. The van der Waals surface area contributed by atoms with E-state index in [2.05, 4.69) is 164 Å². The standard InChI is InChI=1S/C14H17N.C13H18N2.C12H16N2/c1-10-8-9-11-6-5-7-12(13(11)15-10)14(2,3)4;1-8-6-7-10-9(2)14-15-12(10)11(8)13(3,4)5;1-12(2,3)11-9-7-5-6-8-10(9)14(4)13-11/h5-9,15H,1H2,2-4H3;6-7H,1-5H3,(H,14,15);5-8H,1-4H3. The van der Waals surface area contributed by atoms with Crippen molar-refractivity contribution in [2.24, 2.45) is 7.05 Å². The molecule has 1 aliphatic rings. The van der Waals surface area contributed by atoms with Gasteiger partial charge in [0.05, 0.1) is 16.7 Å². The Morgan fingerprint density at radius 2 is 1.41 bits per heavy atom. The summed E-state index contributed by atoms with van der Waals surface area (Å²) in [6, 6.07) is 19.1. The third-order valence-electron chi connectivity index (χ3n) is 8.00. The van der Waals surface area contributed by atoms with Gasteiger partial charge in [0.15, 0.2) is 0 Å². The molecule has 0 amide bonds. The maximum atomic E-state index is 4.58. The van der Waals surface area contributed by atoms with Gasteiger partial charge in [-0.05, 0) is 59.1 Å². The molecule has 44 heavy (non-hydrogen) atoms. The summed E-state index contributed by atoms with van der Waals surface area (Å²) in [6.45, 7) is 28.1. The normalized spacial score (nSPS) is 13.1. The molecule has 5 aromatic rings. The monoisotopic (exact) mass is 589 g/mol. The number of allylic oxidation sites excluding steroid dienone is 1. The van der Waals surface area contributed by atoms with Gasteiger partial charge in [0, 0.05) is 40.3 Å². The van der Waals surface area contributed by atoms with Crippen LogP contribution in [0.15, 0.2) is 72.9 Å². The molecular weight excluding hydrogens is 538 g/mol. The molecule has 0 atom stereocenters. The Balaban J connectivity index is 0.000000151. The first-order valence-corrected chi connectivity index (χ1v) is 15.5. The molecule has 0 spiro atoms. The molecule has 3 heterocycles. The van der Waals surface area contributed by atoms with Crippen molar-refractivity contribution in [2.75, 3.05) is 5.32 Å². The van der Waals surface area contributed by atoms with E-state index in [1.807, 2.05) is 17.8 Å². The number of rotatable bonds is 0. The van der Waals surface area contributed by atoms with Crippen molar-refractivity contribution in [2.45, 2.75) is 92.4 Å². The third-order valence-corrected chi connectivity index (χ3v) is 8.00. The molecule has 6 rings (SSSR count). The lowest BCUT2D eigenvalue weighted by atomic mass is 9.82. The van der Waals surface area contributed by atoms with Crippen LogP contribution < -0.4 is 5.32 Å². The van der Waals surface area contributed by atoms with Gasteiger partial charge in [-0.25, -0.2) is 0 Å². The van der Waals surface area contributed by atoms with E-state index in [-0.39, 0.29) is 16.2 Å². The summed E-state index contributed by atoms with van der Waals surface area (Å²) >= 11 is 0. The van der Waals surface area contributed by atoms with Crippen molar-refractivity contribution in [3.8, 4) is 0 Å². The average Bonchev–Trinajstić information content (AvgIpc) is 3.47. The van der Waals surface area contributed by atoms with Crippen molar-refractivity contribution >= 4 is 33.6 Å². The molecule has 0 bridgehead atoms. The molecule has 0 fully saturated rings. The van der Waals surface area contributed by atoms with Crippen LogP contribution in [0, 0.1) is 13.8 Å². The lowest BCUT2D eigenvalue weighted by Crippen LogP contribution is -2.16. The van der Waals surface area contributed by atoms with Crippen molar-refractivity contribution in [3.05, 3.63) is 107 Å². The maximum Gasteiger partial charge on any atom is 0.0963 e. The second kappa shape index (κ2) is 12.1. The summed E-state index contributed by atoms with van der Waals surface area (Å²) in [6.07, 6.45) is 4.12. The highest BCUT2D eigenvalue weighted by Gasteiger charge is 2.23. The van der Waals surface area contributed by atoms with Crippen molar-refractivity contribution in [1.82, 2.24) is 20.0 Å². The second-order valence-electron chi connectivity index (χ2n) is 15.0. The molecule has 5 heteroatoms. The average molecular weight is 590 g/mol. The molecular formula is C39H51N5. The predicted octanol–water partition coefficient (Wildman–Crippen LogP) is 10.3. The van der Waals surface area contributed by atoms with Gasteiger partial charge in [0.1, 0.15) is 0 Å². The summed E-state index contributed by atoms with van der Waals surface area (Å²) in [5.41, 5.74) is 12.5. The number of H-pyrrole nitrogens is 1. The number of fused-ring (bicyclic) bond motifs is 3. The van der Waals surface area contributed by atoms with Crippen LogP contribution in [0.2, 0.25) is 0 Å². The van der Waals surface area contributed by atoms with Gasteiger partial charge >= 0.3 is 0 Å². The van der Waals surface area contributed by atoms with E-state index in [1.54, 1.807) is 0 Å². The number of benzene rings is 3. The molecule has 1 aliphatic heterocycles. The summed E-state index contributed by atoms with van der Waals surface area (Å²) < 4.78 is 1.95. The van der Waals surface area contributed by atoms with Crippen LogP contribution in [0.25, 0.3) is 27.9 Å². The first kappa shape index (κ1) is 32.8. The van der Waals surface area contributed by atoms with Crippen molar-refractivity contribution in [1.29, 1.82) is 0 Å². The molecule has 2 N–H and O–H groups in total. The quantitative estimate of drug-likeness (QED) is 0.189. The summed E-state index contributed by atoms with van der Waals surface area (Å²) in [4.78, 5) is 0. The van der Waals surface area contributed by atoms with Crippen molar-refractivity contribution in [3.63, 3.8) is 0 Å². The zero-order valence-electron chi connectivity index (χ0n) is 28.9. The Hall–Kier alpha value is -4.12. The van der Waals surface area contributed by atoms with E-state index < -0.39 is 0 Å². The SMILES string of the molecule is C=C1C=Cc2cccc(C(C)(C)C)c2N1.Cc1ccc2c(C)[nH]nc2c1C(C)(C)C.Cn1nc(C(C)(C)C)c2ccccc21.